The molecule has 5 rings (SSSR count). The van der Waals surface area contributed by atoms with Crippen LogP contribution in [-0.4, -0.2) is 4.98 Å². The Kier molecular flexibility index (Phi) is 4.53. The summed E-state index contributed by atoms with van der Waals surface area (Å²) in [4.78, 5) is 5.05. The highest BCUT2D eigenvalue weighted by molar-refractivity contribution is 7.85. The maximum Gasteiger partial charge on any atom is 0.189 e. The van der Waals surface area contributed by atoms with Gasteiger partial charge in [0.1, 0.15) is 5.44 Å². The summed E-state index contributed by atoms with van der Waals surface area (Å²) in [6.45, 7) is 4.06. The maximum atomic E-state index is 15.3. The maximum absolute atomic E-state index is 15.3. The van der Waals surface area contributed by atoms with Crippen molar-refractivity contribution in [3.63, 3.8) is 0 Å². The molecular formula is C27H22NOP. The molecule has 0 saturated heterocycles. The minimum absolute atomic E-state index is 0.667. The summed E-state index contributed by atoms with van der Waals surface area (Å²) in [5, 5.41) is 4.82. The summed E-state index contributed by atoms with van der Waals surface area (Å²) in [7, 11) is -3.21. The highest BCUT2D eigenvalue weighted by Crippen LogP contribution is 2.46. The zero-order chi connectivity index (χ0) is 20.7. The average molecular weight is 407 g/mol. The van der Waals surface area contributed by atoms with Crippen molar-refractivity contribution in [2.75, 3.05) is 0 Å². The van der Waals surface area contributed by atoms with E-state index in [1.54, 1.807) is 0 Å². The van der Waals surface area contributed by atoms with Gasteiger partial charge in [0, 0.05) is 21.4 Å². The molecule has 5 aromatic rings. The minimum atomic E-state index is -3.21. The van der Waals surface area contributed by atoms with Crippen LogP contribution in [0.3, 0.4) is 0 Å². The van der Waals surface area contributed by atoms with E-state index in [4.69, 9.17) is 4.98 Å². The van der Waals surface area contributed by atoms with Crippen molar-refractivity contribution >= 4 is 44.9 Å². The molecule has 2 nitrogen and oxygen atoms in total. The molecule has 0 saturated carbocycles. The van der Waals surface area contributed by atoms with Gasteiger partial charge in [-0.25, -0.2) is 4.98 Å². The molecule has 0 spiro atoms. The Morgan fingerprint density at radius 1 is 0.567 bits per heavy atom. The van der Waals surface area contributed by atoms with Crippen LogP contribution in [0.15, 0.2) is 97.1 Å². The van der Waals surface area contributed by atoms with E-state index in [1.807, 2.05) is 98.8 Å². The fourth-order valence-electron chi connectivity index (χ4n) is 4.32. The Labute approximate surface area is 176 Å². The van der Waals surface area contributed by atoms with Crippen LogP contribution in [0.2, 0.25) is 0 Å². The van der Waals surface area contributed by atoms with Gasteiger partial charge in [0.25, 0.3) is 0 Å². The SMILES string of the molecule is Cc1ccccc1P(=O)(c1ccccc1C)c1nc2ccccc2c2ccccc12. The first kappa shape index (κ1) is 18.8. The van der Waals surface area contributed by atoms with Gasteiger partial charge in [0.2, 0.25) is 0 Å². The molecule has 4 aromatic carbocycles. The molecule has 0 fully saturated rings. The van der Waals surface area contributed by atoms with Crippen LogP contribution in [0.1, 0.15) is 11.1 Å². The summed E-state index contributed by atoms with van der Waals surface area (Å²) in [5.74, 6) is 0. The summed E-state index contributed by atoms with van der Waals surface area (Å²) in [6, 6.07) is 32.3. The van der Waals surface area contributed by atoms with Gasteiger partial charge in [-0.15, -0.1) is 0 Å². The highest BCUT2D eigenvalue weighted by atomic mass is 31.2. The predicted molar refractivity (Wildman–Crippen MR) is 128 cm³/mol. The molecule has 0 aliphatic heterocycles. The van der Waals surface area contributed by atoms with E-state index in [9.17, 15) is 0 Å². The summed E-state index contributed by atoms with van der Waals surface area (Å²) in [5.41, 5.74) is 3.57. The first-order valence-electron chi connectivity index (χ1n) is 10.1. The number of para-hydroxylation sites is 1. The van der Waals surface area contributed by atoms with Crippen molar-refractivity contribution in [2.24, 2.45) is 0 Å². The van der Waals surface area contributed by atoms with E-state index < -0.39 is 7.14 Å². The number of nitrogens with zero attached hydrogens (tertiary/aromatic N) is 1. The molecule has 30 heavy (non-hydrogen) atoms. The molecule has 0 radical (unpaired) electrons. The van der Waals surface area contributed by atoms with Crippen molar-refractivity contribution in [1.29, 1.82) is 0 Å². The first-order valence-corrected chi connectivity index (χ1v) is 11.8. The Hall–Kier alpha value is -3.22. The normalized spacial score (nSPS) is 11.8. The second-order valence-corrected chi connectivity index (χ2v) is 10.3. The third kappa shape index (κ3) is 2.80. The smallest absolute Gasteiger partial charge is 0.189 e. The molecule has 0 aliphatic rings. The van der Waals surface area contributed by atoms with Crippen molar-refractivity contribution in [2.45, 2.75) is 13.8 Å². The van der Waals surface area contributed by atoms with Gasteiger partial charge in [-0.2, -0.15) is 0 Å². The molecule has 0 atom stereocenters. The van der Waals surface area contributed by atoms with Crippen LogP contribution in [0.25, 0.3) is 21.7 Å². The third-order valence-electron chi connectivity index (χ3n) is 5.80. The average Bonchev–Trinajstić information content (AvgIpc) is 2.79. The van der Waals surface area contributed by atoms with E-state index >= 15 is 4.57 Å². The van der Waals surface area contributed by atoms with Crippen LogP contribution in [0, 0.1) is 13.8 Å². The fourth-order valence-corrected chi connectivity index (χ4v) is 7.55. The zero-order valence-corrected chi connectivity index (χ0v) is 17.9. The zero-order valence-electron chi connectivity index (χ0n) is 17.0. The number of hydrogen-bond donors (Lipinski definition) is 0. The van der Waals surface area contributed by atoms with Gasteiger partial charge < -0.3 is 4.57 Å². The van der Waals surface area contributed by atoms with Crippen LogP contribution in [0.5, 0.6) is 0 Å². The Balaban J connectivity index is 1.99. The number of hydrogen-bond acceptors (Lipinski definition) is 2. The summed E-state index contributed by atoms with van der Waals surface area (Å²) < 4.78 is 15.3. The topological polar surface area (TPSA) is 30.0 Å². The lowest BCUT2D eigenvalue weighted by atomic mass is 10.1. The van der Waals surface area contributed by atoms with Crippen LogP contribution in [-0.2, 0) is 4.57 Å². The molecule has 0 N–H and O–H groups in total. The number of aryl methyl sites for hydroxylation is 2. The summed E-state index contributed by atoms with van der Waals surface area (Å²) >= 11 is 0. The number of rotatable bonds is 3. The second kappa shape index (κ2) is 7.23. The monoisotopic (exact) mass is 407 g/mol. The van der Waals surface area contributed by atoms with Crippen molar-refractivity contribution < 1.29 is 4.57 Å². The van der Waals surface area contributed by atoms with Crippen molar-refractivity contribution in [1.82, 2.24) is 4.98 Å². The lowest BCUT2D eigenvalue weighted by Gasteiger charge is -2.24. The Morgan fingerprint density at radius 2 is 1.03 bits per heavy atom. The first-order chi connectivity index (χ1) is 14.6. The van der Waals surface area contributed by atoms with E-state index in [0.29, 0.717) is 5.44 Å². The van der Waals surface area contributed by atoms with E-state index in [2.05, 4.69) is 12.1 Å². The molecule has 0 unspecified atom stereocenters. The highest BCUT2D eigenvalue weighted by Gasteiger charge is 2.35. The standard InChI is InChI=1S/C27H22NOP/c1-19-11-3-9-17-25(19)30(29,26-18-10-4-12-20(26)2)27-23-15-6-5-13-21(23)22-14-7-8-16-24(22)28-27/h3-18H,1-2H3. The second-order valence-electron chi connectivity index (χ2n) is 7.68. The van der Waals surface area contributed by atoms with Crippen molar-refractivity contribution in [3.05, 3.63) is 108 Å². The quantitative estimate of drug-likeness (QED) is 0.286. The molecule has 146 valence electrons. The Morgan fingerprint density at radius 3 is 1.63 bits per heavy atom. The van der Waals surface area contributed by atoms with Gasteiger partial charge in [-0.1, -0.05) is 91.0 Å². The minimum Gasteiger partial charge on any atom is -0.307 e. The van der Waals surface area contributed by atoms with Gasteiger partial charge in [-0.3, -0.25) is 0 Å². The number of pyridine rings is 1. The van der Waals surface area contributed by atoms with E-state index in [-0.39, 0.29) is 0 Å². The predicted octanol–water partition coefficient (Wildman–Crippen LogP) is 5.64. The third-order valence-corrected chi connectivity index (χ3v) is 9.09. The number of fused-ring (bicyclic) bond motifs is 3. The van der Waals surface area contributed by atoms with Gasteiger partial charge >= 0.3 is 0 Å². The molecule has 3 heteroatoms. The van der Waals surface area contributed by atoms with E-state index in [1.165, 1.54) is 0 Å². The lowest BCUT2D eigenvalue weighted by Crippen LogP contribution is -2.30. The Bertz CT molecular complexity index is 1400. The lowest BCUT2D eigenvalue weighted by molar-refractivity contribution is 0.592. The van der Waals surface area contributed by atoms with Crippen LogP contribution < -0.4 is 16.0 Å². The molecular weight excluding hydrogens is 385 g/mol. The van der Waals surface area contributed by atoms with E-state index in [0.717, 1.165) is 43.4 Å². The number of aromatic nitrogens is 1. The van der Waals surface area contributed by atoms with Crippen LogP contribution >= 0.6 is 7.14 Å². The fraction of sp³-hybridized carbons (Fsp3) is 0.0741. The molecule has 1 heterocycles. The molecule has 0 amide bonds. The summed E-state index contributed by atoms with van der Waals surface area (Å²) in [6.07, 6.45) is 0. The molecule has 0 aliphatic carbocycles. The largest absolute Gasteiger partial charge is 0.307 e. The van der Waals surface area contributed by atoms with Crippen LogP contribution in [0.4, 0.5) is 0 Å². The molecule has 0 bridgehead atoms. The molecule has 1 aromatic heterocycles. The van der Waals surface area contributed by atoms with Gasteiger partial charge in [0.15, 0.2) is 7.14 Å². The number of benzene rings is 4. The van der Waals surface area contributed by atoms with Gasteiger partial charge in [-0.05, 0) is 36.4 Å². The van der Waals surface area contributed by atoms with Crippen molar-refractivity contribution in [3.8, 4) is 0 Å². The van der Waals surface area contributed by atoms with Gasteiger partial charge in [0.05, 0.1) is 5.52 Å².